The molecular formula is C13H16ClN3O. The molecule has 2 heterocycles. The molecule has 0 unspecified atom stereocenters. The van der Waals surface area contributed by atoms with Gasteiger partial charge in [0.15, 0.2) is 0 Å². The van der Waals surface area contributed by atoms with Gasteiger partial charge in [0.25, 0.3) is 0 Å². The van der Waals surface area contributed by atoms with E-state index in [4.69, 9.17) is 16.3 Å². The van der Waals surface area contributed by atoms with Crippen LogP contribution in [-0.2, 0) is 17.8 Å². The van der Waals surface area contributed by atoms with E-state index in [0.29, 0.717) is 0 Å². The third kappa shape index (κ3) is 2.11. The summed E-state index contributed by atoms with van der Waals surface area (Å²) in [6.45, 7) is 4.64. The second-order valence-corrected chi connectivity index (χ2v) is 5.02. The van der Waals surface area contributed by atoms with E-state index in [0.717, 1.165) is 49.1 Å². The Bertz CT molecular complexity index is 567. The van der Waals surface area contributed by atoms with Gasteiger partial charge in [-0.1, -0.05) is 11.6 Å². The molecule has 0 spiro atoms. The fraction of sp³-hybridized carbons (Fsp3) is 0.462. The molecule has 2 aromatic rings. The molecule has 1 aromatic heterocycles. The number of hydrogen-bond acceptors (Lipinski definition) is 3. The molecule has 0 bridgehead atoms. The third-order valence-electron chi connectivity index (χ3n) is 3.41. The highest BCUT2D eigenvalue weighted by Crippen LogP contribution is 2.23. The number of rotatable bonds is 3. The van der Waals surface area contributed by atoms with Crippen LogP contribution in [0.2, 0.25) is 5.02 Å². The first kappa shape index (κ1) is 12.0. The number of hydrogen-bond donors (Lipinski definition) is 0. The Morgan fingerprint density at radius 3 is 3.11 bits per heavy atom. The van der Waals surface area contributed by atoms with Gasteiger partial charge in [-0.3, -0.25) is 4.90 Å². The van der Waals surface area contributed by atoms with E-state index < -0.39 is 0 Å². The van der Waals surface area contributed by atoms with E-state index in [1.807, 2.05) is 12.1 Å². The lowest BCUT2D eigenvalue weighted by molar-refractivity contribution is 0.130. The van der Waals surface area contributed by atoms with E-state index in [1.165, 1.54) is 5.52 Å². The highest BCUT2D eigenvalue weighted by atomic mass is 35.5. The highest BCUT2D eigenvalue weighted by molar-refractivity contribution is 6.31. The van der Waals surface area contributed by atoms with Gasteiger partial charge in [-0.2, -0.15) is 0 Å². The lowest BCUT2D eigenvalue weighted by atomic mass is 10.3. The maximum Gasteiger partial charge on any atom is 0.124 e. The second kappa shape index (κ2) is 4.88. The molecule has 0 saturated heterocycles. The van der Waals surface area contributed by atoms with E-state index in [1.54, 1.807) is 7.11 Å². The summed E-state index contributed by atoms with van der Waals surface area (Å²) < 4.78 is 7.41. The minimum Gasteiger partial charge on any atom is -0.383 e. The summed E-state index contributed by atoms with van der Waals surface area (Å²) >= 11 is 6.00. The summed E-state index contributed by atoms with van der Waals surface area (Å²) in [4.78, 5) is 7.04. The van der Waals surface area contributed by atoms with Crippen molar-refractivity contribution in [1.82, 2.24) is 14.5 Å². The van der Waals surface area contributed by atoms with E-state index in [-0.39, 0.29) is 0 Å². The number of fused-ring (bicyclic) bond motifs is 3. The molecule has 0 radical (unpaired) electrons. The van der Waals surface area contributed by atoms with Crippen LogP contribution in [0.15, 0.2) is 18.2 Å². The predicted molar refractivity (Wildman–Crippen MR) is 71.9 cm³/mol. The van der Waals surface area contributed by atoms with Gasteiger partial charge in [0.1, 0.15) is 5.82 Å². The molecular weight excluding hydrogens is 250 g/mol. The minimum absolute atomic E-state index is 0.745. The van der Waals surface area contributed by atoms with Gasteiger partial charge < -0.3 is 9.30 Å². The molecule has 0 fully saturated rings. The molecule has 4 nitrogen and oxygen atoms in total. The first-order chi connectivity index (χ1) is 8.78. The summed E-state index contributed by atoms with van der Waals surface area (Å²) in [5.74, 6) is 1.12. The maximum atomic E-state index is 6.00. The monoisotopic (exact) mass is 265 g/mol. The lowest BCUT2D eigenvalue weighted by Gasteiger charge is -2.27. The van der Waals surface area contributed by atoms with Crippen LogP contribution < -0.4 is 0 Å². The van der Waals surface area contributed by atoms with E-state index in [9.17, 15) is 0 Å². The largest absolute Gasteiger partial charge is 0.383 e. The molecule has 0 N–H and O–H groups in total. The smallest absolute Gasteiger partial charge is 0.124 e. The van der Waals surface area contributed by atoms with E-state index in [2.05, 4.69) is 20.5 Å². The standard InChI is InChI=1S/C13H16ClN3O/c1-18-7-6-16-4-5-17-12-3-2-10(14)8-11(12)15-13(17)9-16/h2-3,8H,4-7,9H2,1H3. The van der Waals surface area contributed by atoms with Crippen LogP contribution in [0.4, 0.5) is 0 Å². The van der Waals surface area contributed by atoms with Crippen LogP contribution in [0.1, 0.15) is 5.82 Å². The van der Waals surface area contributed by atoms with Gasteiger partial charge in [-0.05, 0) is 18.2 Å². The van der Waals surface area contributed by atoms with Crippen LogP contribution in [-0.4, -0.2) is 41.3 Å². The van der Waals surface area contributed by atoms with Crippen LogP contribution in [0.25, 0.3) is 11.0 Å². The number of imidazole rings is 1. The molecule has 0 aliphatic carbocycles. The fourth-order valence-electron chi connectivity index (χ4n) is 2.45. The molecule has 18 heavy (non-hydrogen) atoms. The molecule has 0 atom stereocenters. The molecule has 0 saturated carbocycles. The summed E-state index contributed by atoms with van der Waals surface area (Å²) in [6.07, 6.45) is 0. The van der Waals surface area contributed by atoms with Crippen molar-refractivity contribution in [3.63, 3.8) is 0 Å². The second-order valence-electron chi connectivity index (χ2n) is 4.58. The fourth-order valence-corrected chi connectivity index (χ4v) is 2.62. The van der Waals surface area contributed by atoms with Gasteiger partial charge in [0.2, 0.25) is 0 Å². The molecule has 1 aromatic carbocycles. The summed E-state index contributed by atoms with van der Waals surface area (Å²) in [7, 11) is 1.74. The van der Waals surface area contributed by atoms with Gasteiger partial charge in [-0.25, -0.2) is 4.98 Å². The van der Waals surface area contributed by atoms with Crippen molar-refractivity contribution in [2.24, 2.45) is 0 Å². The first-order valence-corrected chi connectivity index (χ1v) is 6.51. The molecule has 1 aliphatic rings. The Morgan fingerprint density at radius 1 is 1.39 bits per heavy atom. The number of methoxy groups -OCH3 is 1. The first-order valence-electron chi connectivity index (χ1n) is 6.14. The Balaban J connectivity index is 1.90. The Kier molecular flexibility index (Phi) is 3.24. The van der Waals surface area contributed by atoms with Crippen molar-refractivity contribution >= 4 is 22.6 Å². The number of ether oxygens (including phenoxy) is 1. The zero-order valence-corrected chi connectivity index (χ0v) is 11.2. The van der Waals surface area contributed by atoms with Crippen molar-refractivity contribution in [1.29, 1.82) is 0 Å². The zero-order chi connectivity index (χ0) is 12.5. The molecule has 0 amide bonds. The molecule has 5 heteroatoms. The predicted octanol–water partition coefficient (Wildman–Crippen LogP) is 2.15. The summed E-state index contributed by atoms with van der Waals surface area (Å²) in [5.41, 5.74) is 2.17. The maximum absolute atomic E-state index is 6.00. The molecule has 1 aliphatic heterocycles. The minimum atomic E-state index is 0.745. The molecule has 3 rings (SSSR count). The van der Waals surface area contributed by atoms with Crippen LogP contribution in [0.3, 0.4) is 0 Å². The average molecular weight is 266 g/mol. The van der Waals surface area contributed by atoms with Gasteiger partial charge in [0, 0.05) is 31.8 Å². The summed E-state index contributed by atoms with van der Waals surface area (Å²) in [6, 6.07) is 5.91. The number of nitrogens with zero attached hydrogens (tertiary/aromatic N) is 3. The van der Waals surface area contributed by atoms with Crippen molar-refractivity contribution in [2.75, 3.05) is 26.8 Å². The van der Waals surface area contributed by atoms with Crippen molar-refractivity contribution in [3.05, 3.63) is 29.0 Å². The Morgan fingerprint density at radius 2 is 2.28 bits per heavy atom. The number of halogens is 1. The topological polar surface area (TPSA) is 30.3 Å². The van der Waals surface area contributed by atoms with Gasteiger partial charge in [-0.15, -0.1) is 0 Å². The normalized spacial score (nSPS) is 16.1. The Labute approximate surface area is 111 Å². The van der Waals surface area contributed by atoms with Crippen LogP contribution >= 0.6 is 11.6 Å². The molecule has 96 valence electrons. The third-order valence-corrected chi connectivity index (χ3v) is 3.64. The van der Waals surface area contributed by atoms with Crippen LogP contribution in [0.5, 0.6) is 0 Å². The summed E-state index contributed by atoms with van der Waals surface area (Å²) in [5, 5.41) is 0.745. The zero-order valence-electron chi connectivity index (χ0n) is 10.4. The van der Waals surface area contributed by atoms with Gasteiger partial charge >= 0.3 is 0 Å². The van der Waals surface area contributed by atoms with Crippen molar-refractivity contribution in [3.8, 4) is 0 Å². The SMILES string of the molecule is COCCN1CCn2c(nc3cc(Cl)ccc32)C1. The lowest BCUT2D eigenvalue weighted by Crippen LogP contribution is -2.35. The van der Waals surface area contributed by atoms with E-state index >= 15 is 0 Å². The van der Waals surface area contributed by atoms with Crippen molar-refractivity contribution in [2.45, 2.75) is 13.1 Å². The van der Waals surface area contributed by atoms with Crippen molar-refractivity contribution < 1.29 is 4.74 Å². The quantitative estimate of drug-likeness (QED) is 0.852. The Hall–Kier alpha value is -1.10. The number of benzene rings is 1. The highest BCUT2D eigenvalue weighted by Gasteiger charge is 2.19. The van der Waals surface area contributed by atoms with Gasteiger partial charge in [0.05, 0.1) is 24.2 Å². The average Bonchev–Trinajstić information content (AvgIpc) is 2.72. The van der Waals surface area contributed by atoms with Crippen LogP contribution in [0, 0.1) is 0 Å². The number of aromatic nitrogens is 2.